The van der Waals surface area contributed by atoms with Crippen molar-refractivity contribution in [2.45, 2.75) is 39.0 Å². The Balaban J connectivity index is 1.33. The van der Waals surface area contributed by atoms with Gasteiger partial charge in [0.1, 0.15) is 0 Å². The SMILES string of the molecule is COc1cc(C(C)=O)ccc1OCCCC(=O)N1CCN(C(=O)CCCc2ccccc2)CC1. The number of carbonyl (C=O) groups is 3. The van der Waals surface area contributed by atoms with E-state index in [4.69, 9.17) is 9.47 Å². The van der Waals surface area contributed by atoms with Crippen molar-refractivity contribution in [2.24, 2.45) is 0 Å². The van der Waals surface area contributed by atoms with Gasteiger partial charge in [0.15, 0.2) is 17.3 Å². The Morgan fingerprint density at radius 1 is 0.824 bits per heavy atom. The average molecular weight is 467 g/mol. The minimum atomic E-state index is -0.0376. The maximum absolute atomic E-state index is 12.6. The Morgan fingerprint density at radius 2 is 1.44 bits per heavy atom. The van der Waals surface area contributed by atoms with E-state index < -0.39 is 0 Å². The Kier molecular flexibility index (Phi) is 9.50. The van der Waals surface area contributed by atoms with E-state index in [0.29, 0.717) is 69.1 Å². The first-order valence-corrected chi connectivity index (χ1v) is 11.9. The average Bonchev–Trinajstić information content (AvgIpc) is 2.87. The van der Waals surface area contributed by atoms with Gasteiger partial charge in [-0.2, -0.15) is 0 Å². The predicted molar refractivity (Wildman–Crippen MR) is 130 cm³/mol. The molecule has 1 aliphatic rings. The highest BCUT2D eigenvalue weighted by Crippen LogP contribution is 2.28. The van der Waals surface area contributed by atoms with Crippen LogP contribution in [0.4, 0.5) is 0 Å². The van der Waals surface area contributed by atoms with Crippen LogP contribution in [0.25, 0.3) is 0 Å². The molecule has 0 saturated carbocycles. The molecule has 1 fully saturated rings. The van der Waals surface area contributed by atoms with Crippen LogP contribution in [-0.4, -0.2) is 67.3 Å². The van der Waals surface area contributed by atoms with Crippen LogP contribution in [0.1, 0.15) is 48.5 Å². The lowest BCUT2D eigenvalue weighted by Gasteiger charge is -2.35. The topological polar surface area (TPSA) is 76.2 Å². The van der Waals surface area contributed by atoms with E-state index >= 15 is 0 Å². The zero-order chi connectivity index (χ0) is 24.3. The van der Waals surface area contributed by atoms with Crippen LogP contribution >= 0.6 is 0 Å². The number of ether oxygens (including phenoxy) is 2. The zero-order valence-electron chi connectivity index (χ0n) is 20.1. The molecule has 1 aliphatic heterocycles. The standard InChI is InChI=1S/C27H34N2O5/c1-21(30)23-13-14-24(25(20-23)33-2)34-19-7-12-27(32)29-17-15-28(16-18-29)26(31)11-6-10-22-8-4-3-5-9-22/h3-5,8-9,13-14,20H,6-7,10-12,15-19H2,1-2H3. The molecule has 7 heteroatoms. The van der Waals surface area contributed by atoms with Gasteiger partial charge in [0.25, 0.3) is 0 Å². The van der Waals surface area contributed by atoms with Crippen LogP contribution < -0.4 is 9.47 Å². The highest BCUT2D eigenvalue weighted by atomic mass is 16.5. The minimum Gasteiger partial charge on any atom is -0.493 e. The molecule has 0 spiro atoms. The van der Waals surface area contributed by atoms with E-state index in [1.54, 1.807) is 18.2 Å². The zero-order valence-corrected chi connectivity index (χ0v) is 20.1. The van der Waals surface area contributed by atoms with E-state index in [-0.39, 0.29) is 17.6 Å². The Labute approximate surface area is 201 Å². The molecule has 2 aromatic carbocycles. The third-order valence-electron chi connectivity index (χ3n) is 6.05. The van der Waals surface area contributed by atoms with Crippen molar-refractivity contribution in [3.05, 3.63) is 59.7 Å². The first-order valence-electron chi connectivity index (χ1n) is 11.9. The molecule has 1 heterocycles. The summed E-state index contributed by atoms with van der Waals surface area (Å²) in [6.45, 7) is 4.21. The summed E-state index contributed by atoms with van der Waals surface area (Å²) in [6, 6.07) is 15.3. The third kappa shape index (κ3) is 7.33. The second-order valence-electron chi connectivity index (χ2n) is 8.47. The first kappa shape index (κ1) is 25.3. The molecule has 3 rings (SSSR count). The van der Waals surface area contributed by atoms with Gasteiger partial charge in [-0.25, -0.2) is 0 Å². The number of methoxy groups -OCH3 is 1. The second-order valence-corrected chi connectivity index (χ2v) is 8.47. The molecule has 0 unspecified atom stereocenters. The summed E-state index contributed by atoms with van der Waals surface area (Å²) in [7, 11) is 1.53. The number of hydrogen-bond donors (Lipinski definition) is 0. The van der Waals surface area contributed by atoms with Gasteiger partial charge in [0.2, 0.25) is 11.8 Å². The number of aryl methyl sites for hydroxylation is 1. The molecule has 0 bridgehead atoms. The molecular formula is C27H34N2O5. The molecule has 34 heavy (non-hydrogen) atoms. The van der Waals surface area contributed by atoms with E-state index in [0.717, 1.165) is 12.8 Å². The molecule has 1 saturated heterocycles. The van der Waals surface area contributed by atoms with Gasteiger partial charge in [-0.15, -0.1) is 0 Å². The summed E-state index contributed by atoms with van der Waals surface area (Å²) in [5, 5.41) is 0. The number of benzene rings is 2. The first-order chi connectivity index (χ1) is 16.5. The number of hydrogen-bond acceptors (Lipinski definition) is 5. The van der Waals surface area contributed by atoms with Crippen molar-refractivity contribution in [1.29, 1.82) is 0 Å². The van der Waals surface area contributed by atoms with Crippen LogP contribution in [-0.2, 0) is 16.0 Å². The van der Waals surface area contributed by atoms with Crippen LogP contribution in [0, 0.1) is 0 Å². The number of rotatable bonds is 11. The van der Waals surface area contributed by atoms with Crippen molar-refractivity contribution in [1.82, 2.24) is 9.80 Å². The molecule has 182 valence electrons. The summed E-state index contributed by atoms with van der Waals surface area (Å²) in [5.41, 5.74) is 1.81. The summed E-state index contributed by atoms with van der Waals surface area (Å²) >= 11 is 0. The molecule has 0 N–H and O–H groups in total. The predicted octanol–water partition coefficient (Wildman–Crippen LogP) is 3.75. The van der Waals surface area contributed by atoms with Crippen LogP contribution in [0.3, 0.4) is 0 Å². The number of carbonyl (C=O) groups excluding carboxylic acids is 3. The van der Waals surface area contributed by atoms with Crippen molar-refractivity contribution >= 4 is 17.6 Å². The maximum atomic E-state index is 12.6. The molecule has 0 aromatic heterocycles. The summed E-state index contributed by atoms with van der Waals surface area (Å²) < 4.78 is 11.1. The second kappa shape index (κ2) is 12.8. The van der Waals surface area contributed by atoms with Gasteiger partial charge in [0, 0.05) is 44.6 Å². The van der Waals surface area contributed by atoms with E-state index in [2.05, 4.69) is 12.1 Å². The van der Waals surface area contributed by atoms with Crippen LogP contribution in [0.2, 0.25) is 0 Å². The van der Waals surface area contributed by atoms with Crippen molar-refractivity contribution < 1.29 is 23.9 Å². The minimum absolute atomic E-state index is 0.0376. The fourth-order valence-electron chi connectivity index (χ4n) is 4.02. The number of amides is 2. The normalized spacial score (nSPS) is 13.5. The third-order valence-corrected chi connectivity index (χ3v) is 6.05. The Bertz CT molecular complexity index is 968. The lowest BCUT2D eigenvalue weighted by molar-refractivity contribution is -0.139. The van der Waals surface area contributed by atoms with Crippen molar-refractivity contribution in [3.8, 4) is 11.5 Å². The smallest absolute Gasteiger partial charge is 0.222 e. The molecular weight excluding hydrogens is 432 g/mol. The van der Waals surface area contributed by atoms with Gasteiger partial charge in [-0.05, 0) is 49.9 Å². The Morgan fingerprint density at radius 3 is 2.03 bits per heavy atom. The number of piperazine rings is 1. The van der Waals surface area contributed by atoms with Gasteiger partial charge in [-0.1, -0.05) is 30.3 Å². The van der Waals surface area contributed by atoms with Gasteiger partial charge < -0.3 is 19.3 Å². The molecule has 0 aliphatic carbocycles. The van der Waals surface area contributed by atoms with Gasteiger partial charge >= 0.3 is 0 Å². The van der Waals surface area contributed by atoms with E-state index in [1.807, 2.05) is 28.0 Å². The molecule has 2 amide bonds. The lowest BCUT2D eigenvalue weighted by atomic mass is 10.1. The largest absolute Gasteiger partial charge is 0.493 e. The maximum Gasteiger partial charge on any atom is 0.222 e. The lowest BCUT2D eigenvalue weighted by Crippen LogP contribution is -2.50. The number of Topliss-reactive ketones (excluding diaryl/α,β-unsaturated/α-hetero) is 1. The highest BCUT2D eigenvalue weighted by Gasteiger charge is 2.23. The van der Waals surface area contributed by atoms with E-state index in [1.165, 1.54) is 19.6 Å². The van der Waals surface area contributed by atoms with Crippen molar-refractivity contribution in [3.63, 3.8) is 0 Å². The van der Waals surface area contributed by atoms with Gasteiger partial charge in [0.05, 0.1) is 13.7 Å². The number of ketones is 1. The van der Waals surface area contributed by atoms with Crippen molar-refractivity contribution in [2.75, 3.05) is 39.9 Å². The molecule has 7 nitrogen and oxygen atoms in total. The summed E-state index contributed by atoms with van der Waals surface area (Å²) in [6.07, 6.45) is 3.25. The Hall–Kier alpha value is -3.35. The molecule has 0 atom stereocenters. The summed E-state index contributed by atoms with van der Waals surface area (Å²) in [5.74, 6) is 1.27. The number of nitrogens with zero attached hydrogens (tertiary/aromatic N) is 2. The van der Waals surface area contributed by atoms with E-state index in [9.17, 15) is 14.4 Å². The molecule has 0 radical (unpaired) electrons. The summed E-state index contributed by atoms with van der Waals surface area (Å²) in [4.78, 5) is 40.3. The fraction of sp³-hybridized carbons (Fsp3) is 0.444. The van der Waals surface area contributed by atoms with Gasteiger partial charge in [-0.3, -0.25) is 14.4 Å². The molecule has 2 aromatic rings. The fourth-order valence-corrected chi connectivity index (χ4v) is 4.02. The quantitative estimate of drug-likeness (QED) is 0.372. The monoisotopic (exact) mass is 466 g/mol. The van der Waals surface area contributed by atoms with Crippen LogP contribution in [0.5, 0.6) is 11.5 Å². The van der Waals surface area contributed by atoms with Crippen LogP contribution in [0.15, 0.2) is 48.5 Å². The highest BCUT2D eigenvalue weighted by molar-refractivity contribution is 5.94.